The van der Waals surface area contributed by atoms with Gasteiger partial charge in [0.15, 0.2) is 4.87 Å². The Morgan fingerprint density at radius 2 is 2.40 bits per heavy atom. The summed E-state index contributed by atoms with van der Waals surface area (Å²) in [6, 6.07) is 0. The fourth-order valence-corrected chi connectivity index (χ4v) is 1.45. The molecule has 0 aliphatic carbocycles. The van der Waals surface area contributed by atoms with Gasteiger partial charge in [0.2, 0.25) is 0 Å². The van der Waals surface area contributed by atoms with E-state index in [4.69, 9.17) is 10.8 Å². The standard InChI is InChI=1S/C5H11NO2S2/c1-10-5(6,2-3-9)4(7)8/h9H,2-3,6H2,1H3,(H,7,8). The molecule has 1 unspecified atom stereocenters. The zero-order valence-corrected chi connectivity index (χ0v) is 7.41. The molecule has 0 aromatic carbocycles. The first-order valence-corrected chi connectivity index (χ1v) is 4.61. The van der Waals surface area contributed by atoms with E-state index in [1.54, 1.807) is 6.26 Å². The van der Waals surface area contributed by atoms with Crippen LogP contribution in [0.2, 0.25) is 0 Å². The monoisotopic (exact) mass is 181 g/mol. The zero-order chi connectivity index (χ0) is 8.20. The average Bonchev–Trinajstić information content (AvgIpc) is 1.88. The van der Waals surface area contributed by atoms with E-state index < -0.39 is 10.8 Å². The maximum atomic E-state index is 10.5. The molecule has 0 amide bonds. The van der Waals surface area contributed by atoms with Gasteiger partial charge in [-0.3, -0.25) is 0 Å². The molecule has 0 rings (SSSR count). The zero-order valence-electron chi connectivity index (χ0n) is 5.70. The van der Waals surface area contributed by atoms with E-state index in [1.807, 2.05) is 0 Å². The Balaban J connectivity index is 4.08. The second-order valence-corrected chi connectivity index (χ2v) is 3.46. The summed E-state index contributed by atoms with van der Waals surface area (Å²) < 4.78 is 0. The normalized spacial score (nSPS) is 16.3. The number of carbonyl (C=O) groups is 1. The molecule has 10 heavy (non-hydrogen) atoms. The van der Waals surface area contributed by atoms with Crippen molar-refractivity contribution in [2.45, 2.75) is 11.3 Å². The Hall–Kier alpha value is 0.130. The number of hydrogen-bond acceptors (Lipinski definition) is 4. The van der Waals surface area contributed by atoms with Crippen molar-refractivity contribution in [3.63, 3.8) is 0 Å². The molecular weight excluding hydrogens is 170 g/mol. The Morgan fingerprint density at radius 3 is 2.50 bits per heavy atom. The number of aliphatic carboxylic acids is 1. The molecule has 0 fully saturated rings. The van der Waals surface area contributed by atoms with Gasteiger partial charge in [-0.15, -0.1) is 11.8 Å². The third-order valence-electron chi connectivity index (χ3n) is 1.21. The van der Waals surface area contributed by atoms with Crippen molar-refractivity contribution in [2.75, 3.05) is 12.0 Å². The smallest absolute Gasteiger partial charge is 0.334 e. The topological polar surface area (TPSA) is 63.3 Å². The molecule has 0 aliphatic rings. The van der Waals surface area contributed by atoms with Gasteiger partial charge in [0.25, 0.3) is 0 Å². The van der Waals surface area contributed by atoms with Crippen LogP contribution in [0.15, 0.2) is 0 Å². The highest BCUT2D eigenvalue weighted by Gasteiger charge is 2.31. The van der Waals surface area contributed by atoms with Gasteiger partial charge in [0, 0.05) is 0 Å². The Morgan fingerprint density at radius 1 is 1.90 bits per heavy atom. The largest absolute Gasteiger partial charge is 0.479 e. The second-order valence-electron chi connectivity index (χ2n) is 1.87. The summed E-state index contributed by atoms with van der Waals surface area (Å²) in [7, 11) is 0. The lowest BCUT2D eigenvalue weighted by Gasteiger charge is -2.20. The van der Waals surface area contributed by atoms with Crippen LogP contribution in [0.3, 0.4) is 0 Å². The second kappa shape index (κ2) is 4.10. The number of carboxylic acid groups (broad SMARTS) is 1. The van der Waals surface area contributed by atoms with Crippen LogP contribution in [0.25, 0.3) is 0 Å². The van der Waals surface area contributed by atoms with E-state index >= 15 is 0 Å². The van der Waals surface area contributed by atoms with Crippen molar-refractivity contribution < 1.29 is 9.90 Å². The van der Waals surface area contributed by atoms with E-state index in [-0.39, 0.29) is 0 Å². The van der Waals surface area contributed by atoms with E-state index in [0.29, 0.717) is 12.2 Å². The highest BCUT2D eigenvalue weighted by atomic mass is 32.2. The minimum atomic E-state index is -1.15. The Kier molecular flexibility index (Phi) is 4.15. The highest BCUT2D eigenvalue weighted by Crippen LogP contribution is 2.20. The molecule has 0 aromatic rings. The minimum absolute atomic E-state index is 0.382. The van der Waals surface area contributed by atoms with Gasteiger partial charge in [0.1, 0.15) is 0 Å². The van der Waals surface area contributed by atoms with Gasteiger partial charge in [0.05, 0.1) is 0 Å². The Labute approximate surface area is 69.8 Å². The van der Waals surface area contributed by atoms with E-state index in [2.05, 4.69) is 12.6 Å². The fourth-order valence-electron chi connectivity index (χ4n) is 0.462. The van der Waals surface area contributed by atoms with Crippen molar-refractivity contribution in [3.05, 3.63) is 0 Å². The van der Waals surface area contributed by atoms with Crippen molar-refractivity contribution in [3.8, 4) is 0 Å². The minimum Gasteiger partial charge on any atom is -0.479 e. The van der Waals surface area contributed by atoms with E-state index in [9.17, 15) is 4.79 Å². The van der Waals surface area contributed by atoms with E-state index in [1.165, 1.54) is 0 Å². The lowest BCUT2D eigenvalue weighted by Crippen LogP contribution is -2.44. The summed E-state index contributed by atoms with van der Waals surface area (Å²) >= 11 is 5.04. The lowest BCUT2D eigenvalue weighted by molar-refractivity contribution is -0.139. The number of thioether (sulfide) groups is 1. The predicted molar refractivity (Wildman–Crippen MR) is 46.5 cm³/mol. The number of nitrogens with two attached hydrogens (primary N) is 1. The van der Waals surface area contributed by atoms with Crippen molar-refractivity contribution in [1.29, 1.82) is 0 Å². The number of thiol groups is 1. The molecule has 0 radical (unpaired) electrons. The molecule has 0 saturated heterocycles. The van der Waals surface area contributed by atoms with Crippen LogP contribution < -0.4 is 5.73 Å². The van der Waals surface area contributed by atoms with Gasteiger partial charge in [-0.25, -0.2) is 4.79 Å². The molecule has 3 nitrogen and oxygen atoms in total. The van der Waals surface area contributed by atoms with Crippen LogP contribution in [0.1, 0.15) is 6.42 Å². The van der Waals surface area contributed by atoms with Crippen LogP contribution in [0.5, 0.6) is 0 Å². The third-order valence-corrected chi connectivity index (χ3v) is 2.54. The van der Waals surface area contributed by atoms with Crippen molar-refractivity contribution >= 4 is 30.4 Å². The van der Waals surface area contributed by atoms with Crippen LogP contribution >= 0.6 is 24.4 Å². The van der Waals surface area contributed by atoms with Crippen LogP contribution in [0, 0.1) is 0 Å². The SMILES string of the molecule is CSC(N)(CCS)C(=O)O. The van der Waals surface area contributed by atoms with Crippen LogP contribution in [0.4, 0.5) is 0 Å². The lowest BCUT2D eigenvalue weighted by atomic mass is 10.2. The molecule has 0 heterocycles. The highest BCUT2D eigenvalue weighted by molar-refractivity contribution is 8.00. The fraction of sp³-hybridized carbons (Fsp3) is 0.800. The predicted octanol–water partition coefficient (Wildman–Crippen LogP) is 0.409. The van der Waals surface area contributed by atoms with Crippen LogP contribution in [-0.4, -0.2) is 28.0 Å². The van der Waals surface area contributed by atoms with Crippen molar-refractivity contribution in [1.82, 2.24) is 0 Å². The quantitative estimate of drug-likeness (QED) is 0.434. The molecule has 3 N–H and O–H groups in total. The Bertz CT molecular complexity index is 131. The van der Waals surface area contributed by atoms with Gasteiger partial charge < -0.3 is 10.8 Å². The number of carboxylic acids is 1. The molecule has 0 spiro atoms. The van der Waals surface area contributed by atoms with E-state index in [0.717, 1.165) is 11.8 Å². The number of rotatable bonds is 4. The first-order valence-electron chi connectivity index (χ1n) is 2.75. The first-order chi connectivity index (χ1) is 4.56. The molecule has 0 saturated carbocycles. The molecule has 0 aromatic heterocycles. The maximum Gasteiger partial charge on any atom is 0.334 e. The molecule has 5 heteroatoms. The average molecular weight is 181 g/mol. The summed E-state index contributed by atoms with van der Waals surface area (Å²) in [6.07, 6.45) is 2.06. The van der Waals surface area contributed by atoms with Gasteiger partial charge in [-0.1, -0.05) is 0 Å². The molecule has 60 valence electrons. The summed E-state index contributed by atoms with van der Waals surface area (Å²) in [5.41, 5.74) is 5.47. The molecule has 1 atom stereocenters. The summed E-state index contributed by atoms with van der Waals surface area (Å²) in [4.78, 5) is 9.31. The molecule has 0 aliphatic heterocycles. The summed E-state index contributed by atoms with van der Waals surface area (Å²) in [5.74, 6) is -0.488. The summed E-state index contributed by atoms with van der Waals surface area (Å²) in [5, 5.41) is 8.58. The van der Waals surface area contributed by atoms with Gasteiger partial charge in [-0.2, -0.15) is 12.6 Å². The van der Waals surface area contributed by atoms with Gasteiger partial charge >= 0.3 is 5.97 Å². The summed E-state index contributed by atoms with van der Waals surface area (Å²) in [6.45, 7) is 0. The number of hydrogen-bond donors (Lipinski definition) is 3. The maximum absolute atomic E-state index is 10.5. The van der Waals surface area contributed by atoms with Crippen molar-refractivity contribution in [2.24, 2.45) is 5.73 Å². The first kappa shape index (κ1) is 10.1. The third kappa shape index (κ3) is 2.40. The van der Waals surface area contributed by atoms with Gasteiger partial charge in [-0.05, 0) is 18.4 Å². The molecular formula is C5H11NO2S2. The molecule has 0 bridgehead atoms. The van der Waals surface area contributed by atoms with Crippen LogP contribution in [-0.2, 0) is 4.79 Å².